The largest absolute Gasteiger partial charge is 0.494 e. The van der Waals surface area contributed by atoms with E-state index in [2.05, 4.69) is 20.6 Å². The first-order valence-electron chi connectivity index (χ1n) is 13.2. The lowest BCUT2D eigenvalue weighted by molar-refractivity contribution is -0.156. The molecule has 0 aliphatic carbocycles. The van der Waals surface area contributed by atoms with E-state index >= 15 is 0 Å². The molecule has 2 aromatic carbocycles. The third kappa shape index (κ3) is 9.32. The number of nitrogens with zero attached hydrogens (tertiary/aromatic N) is 3. The summed E-state index contributed by atoms with van der Waals surface area (Å²) in [6, 6.07) is 13.5. The van der Waals surface area contributed by atoms with Gasteiger partial charge in [0.2, 0.25) is 5.91 Å². The molecule has 40 heavy (non-hydrogen) atoms. The van der Waals surface area contributed by atoms with E-state index in [1.807, 2.05) is 37.3 Å². The fraction of sp³-hybridized carbons (Fsp3) is 0.400. The number of nitrogens with one attached hydrogen (secondary N) is 2. The lowest BCUT2D eigenvalue weighted by Gasteiger charge is -2.25. The lowest BCUT2D eigenvalue weighted by Crippen LogP contribution is -2.38. The molecule has 2 atom stereocenters. The van der Waals surface area contributed by atoms with Gasteiger partial charge in [0.15, 0.2) is 0 Å². The molecule has 0 saturated heterocycles. The first-order chi connectivity index (χ1) is 18.9. The Labute approximate surface area is 235 Å². The van der Waals surface area contributed by atoms with Crippen molar-refractivity contribution in [1.82, 2.24) is 14.9 Å². The fourth-order valence-electron chi connectivity index (χ4n) is 4.11. The Balaban J connectivity index is 1.74. The zero-order valence-corrected chi connectivity index (χ0v) is 24.0. The lowest BCUT2D eigenvalue weighted by atomic mass is 10.1. The van der Waals surface area contributed by atoms with Gasteiger partial charge < -0.3 is 25.2 Å². The molecule has 0 spiro atoms. The molecule has 1 heterocycles. The predicted octanol–water partition coefficient (Wildman–Crippen LogP) is 4.33. The van der Waals surface area contributed by atoms with Crippen LogP contribution in [-0.2, 0) is 14.3 Å². The molecular weight excluding hydrogens is 510 g/mol. The van der Waals surface area contributed by atoms with Crippen molar-refractivity contribution in [3.63, 3.8) is 0 Å². The van der Waals surface area contributed by atoms with E-state index in [4.69, 9.17) is 9.47 Å². The van der Waals surface area contributed by atoms with Gasteiger partial charge in [0.05, 0.1) is 31.0 Å². The molecule has 10 nitrogen and oxygen atoms in total. The van der Waals surface area contributed by atoms with E-state index in [1.54, 1.807) is 50.8 Å². The van der Waals surface area contributed by atoms with Gasteiger partial charge in [0.1, 0.15) is 23.5 Å². The van der Waals surface area contributed by atoms with Crippen LogP contribution in [0.2, 0.25) is 0 Å². The van der Waals surface area contributed by atoms with E-state index in [1.165, 1.54) is 19.5 Å². The van der Waals surface area contributed by atoms with Crippen LogP contribution in [0.4, 0.5) is 11.5 Å². The number of anilines is 2. The summed E-state index contributed by atoms with van der Waals surface area (Å²) in [4.78, 5) is 35.6. The van der Waals surface area contributed by atoms with Crippen molar-refractivity contribution >= 4 is 34.3 Å². The van der Waals surface area contributed by atoms with Gasteiger partial charge in [0, 0.05) is 36.7 Å². The van der Waals surface area contributed by atoms with Crippen molar-refractivity contribution in [2.75, 3.05) is 37.4 Å². The first kappa shape index (κ1) is 30.5. The number of hydrogen-bond acceptors (Lipinski definition) is 9. The highest BCUT2D eigenvalue weighted by Crippen LogP contribution is 2.33. The molecule has 0 radical (unpaired) electrons. The van der Waals surface area contributed by atoms with Crippen LogP contribution in [0.5, 0.6) is 5.75 Å². The maximum atomic E-state index is 12.8. The summed E-state index contributed by atoms with van der Waals surface area (Å²) >= 11 is 0. The zero-order valence-electron chi connectivity index (χ0n) is 24.0. The fourth-order valence-corrected chi connectivity index (χ4v) is 4.11. The normalized spacial score (nSPS) is 13.3. The average molecular weight is 550 g/mol. The summed E-state index contributed by atoms with van der Waals surface area (Å²) in [5.74, 6) is 0.303. The van der Waals surface area contributed by atoms with E-state index in [0.29, 0.717) is 22.8 Å². The predicted molar refractivity (Wildman–Crippen MR) is 156 cm³/mol. The standard InChI is InChI=1S/C30H39N5O5/c1-20(36)17-35(18-28(38)40-30(3,4)5)14-10-13-27(37)34-25-15-23-24(16-26(25)39-6)31-19-32-29(23)33-21(2)22-11-8-7-9-12-22/h7-13,15-16,19-21,36H,14,17-18H2,1-6H3,(H,34,37)(H,31,32,33). The van der Waals surface area contributed by atoms with Gasteiger partial charge in [-0.2, -0.15) is 0 Å². The van der Waals surface area contributed by atoms with Gasteiger partial charge in [-0.3, -0.25) is 14.5 Å². The van der Waals surface area contributed by atoms with Crippen LogP contribution in [-0.4, -0.2) is 70.3 Å². The first-order valence-corrected chi connectivity index (χ1v) is 13.2. The van der Waals surface area contributed by atoms with Crippen LogP contribution in [0.3, 0.4) is 0 Å². The van der Waals surface area contributed by atoms with Crippen LogP contribution in [0.25, 0.3) is 10.9 Å². The molecule has 0 bridgehead atoms. The van der Waals surface area contributed by atoms with Crippen LogP contribution in [0, 0.1) is 0 Å². The highest BCUT2D eigenvalue weighted by Gasteiger charge is 2.19. The number of carbonyl (C=O) groups excluding carboxylic acids is 2. The summed E-state index contributed by atoms with van der Waals surface area (Å²) in [6.07, 6.45) is 3.85. The van der Waals surface area contributed by atoms with Gasteiger partial charge in [-0.05, 0) is 46.2 Å². The number of rotatable bonds is 12. The molecule has 214 valence electrons. The number of aliphatic hydroxyl groups excluding tert-OH is 1. The molecule has 3 rings (SSSR count). The van der Waals surface area contributed by atoms with Crippen molar-refractivity contribution in [1.29, 1.82) is 0 Å². The van der Waals surface area contributed by atoms with Crippen molar-refractivity contribution in [2.45, 2.75) is 52.4 Å². The minimum absolute atomic E-state index is 0.00681. The van der Waals surface area contributed by atoms with Crippen molar-refractivity contribution in [3.05, 3.63) is 66.5 Å². The van der Waals surface area contributed by atoms with Crippen molar-refractivity contribution < 1.29 is 24.2 Å². The number of fused-ring (bicyclic) bond motifs is 1. The Morgan fingerprint density at radius 3 is 2.50 bits per heavy atom. The molecule has 0 aliphatic rings. The van der Waals surface area contributed by atoms with Crippen LogP contribution < -0.4 is 15.4 Å². The van der Waals surface area contributed by atoms with Crippen molar-refractivity contribution in [2.24, 2.45) is 0 Å². The molecule has 0 fully saturated rings. The van der Waals surface area contributed by atoms with Crippen LogP contribution in [0.1, 0.15) is 46.2 Å². The average Bonchev–Trinajstić information content (AvgIpc) is 2.87. The summed E-state index contributed by atoms with van der Waals surface area (Å²) < 4.78 is 10.9. The van der Waals surface area contributed by atoms with Crippen LogP contribution >= 0.6 is 0 Å². The minimum Gasteiger partial charge on any atom is -0.494 e. The Morgan fingerprint density at radius 2 is 1.85 bits per heavy atom. The number of aliphatic hydroxyl groups is 1. The number of benzene rings is 2. The van der Waals surface area contributed by atoms with Gasteiger partial charge in [-0.15, -0.1) is 0 Å². The van der Waals surface area contributed by atoms with Gasteiger partial charge in [0.25, 0.3) is 0 Å². The number of ether oxygens (including phenoxy) is 2. The number of carbonyl (C=O) groups is 2. The van der Waals surface area contributed by atoms with Gasteiger partial charge in [-0.25, -0.2) is 9.97 Å². The number of amides is 1. The molecule has 0 saturated carbocycles. The second-order valence-corrected chi connectivity index (χ2v) is 10.6. The second-order valence-electron chi connectivity index (χ2n) is 10.6. The van der Waals surface area contributed by atoms with E-state index in [0.717, 1.165) is 10.9 Å². The summed E-state index contributed by atoms with van der Waals surface area (Å²) in [5.41, 5.74) is 1.63. The number of esters is 1. The molecule has 2 unspecified atom stereocenters. The highest BCUT2D eigenvalue weighted by atomic mass is 16.6. The Bertz CT molecular complexity index is 1320. The van der Waals surface area contributed by atoms with Gasteiger partial charge >= 0.3 is 5.97 Å². The molecule has 1 aromatic heterocycles. The maximum absolute atomic E-state index is 12.8. The molecule has 1 amide bonds. The quantitative estimate of drug-likeness (QED) is 0.224. The Morgan fingerprint density at radius 1 is 1.12 bits per heavy atom. The number of hydrogen-bond donors (Lipinski definition) is 3. The van der Waals surface area contributed by atoms with Gasteiger partial charge in [-0.1, -0.05) is 36.4 Å². The number of aromatic nitrogens is 2. The topological polar surface area (TPSA) is 126 Å². The third-order valence-electron chi connectivity index (χ3n) is 5.80. The van der Waals surface area contributed by atoms with Crippen LogP contribution in [0.15, 0.2) is 60.9 Å². The summed E-state index contributed by atoms with van der Waals surface area (Å²) in [5, 5.41) is 16.8. The van der Waals surface area contributed by atoms with Crippen molar-refractivity contribution in [3.8, 4) is 5.75 Å². The SMILES string of the molecule is COc1cc2ncnc(NC(C)c3ccccc3)c2cc1NC(=O)C=CCN(CC(=O)OC(C)(C)C)CC(C)O. The monoisotopic (exact) mass is 549 g/mol. The molecule has 3 N–H and O–H groups in total. The molecule has 3 aromatic rings. The Hall–Kier alpha value is -4.02. The summed E-state index contributed by atoms with van der Waals surface area (Å²) in [7, 11) is 1.52. The highest BCUT2D eigenvalue weighted by molar-refractivity contribution is 6.03. The van der Waals surface area contributed by atoms with E-state index in [9.17, 15) is 14.7 Å². The molecule has 10 heteroatoms. The minimum atomic E-state index is -0.652. The molecular formula is C30H39N5O5. The van der Waals surface area contributed by atoms with E-state index < -0.39 is 17.7 Å². The molecule has 0 aliphatic heterocycles. The number of methoxy groups -OCH3 is 1. The maximum Gasteiger partial charge on any atom is 0.320 e. The van der Waals surface area contributed by atoms with E-state index in [-0.39, 0.29) is 31.6 Å². The summed E-state index contributed by atoms with van der Waals surface area (Å²) in [6.45, 7) is 9.58. The Kier molecular flexibility index (Phi) is 10.6. The smallest absolute Gasteiger partial charge is 0.320 e. The zero-order chi connectivity index (χ0) is 29.3. The second kappa shape index (κ2) is 13.9. The third-order valence-corrected chi connectivity index (χ3v) is 5.80.